The number of aromatic nitrogens is 2. The van der Waals surface area contributed by atoms with E-state index in [4.69, 9.17) is 0 Å². The molecule has 164 valence electrons. The lowest BCUT2D eigenvalue weighted by Gasteiger charge is -2.12. The zero-order valence-corrected chi connectivity index (χ0v) is 18.7. The molecule has 0 spiro atoms. The second-order valence-corrected chi connectivity index (χ2v) is 9.02. The maximum Gasteiger partial charge on any atom is 0.293 e. The Hall–Kier alpha value is -3.40. The zero-order valence-electron chi connectivity index (χ0n) is 17.8. The number of rotatable bonds is 8. The fraction of sp³-hybridized carbons (Fsp3) is 0.286. The number of hydrogen-bond donors (Lipinski definition) is 2. The van der Waals surface area contributed by atoms with Crippen molar-refractivity contribution in [2.75, 3.05) is 10.0 Å². The fourth-order valence-corrected chi connectivity index (χ4v) is 4.48. The van der Waals surface area contributed by atoms with Crippen molar-refractivity contribution < 1.29 is 13.3 Å². The highest BCUT2D eigenvalue weighted by Gasteiger charge is 2.22. The average molecular weight is 444 g/mol. The summed E-state index contributed by atoms with van der Waals surface area (Å²) in [5.41, 5.74) is 3.94. The summed E-state index contributed by atoms with van der Waals surface area (Å²) in [6.07, 6.45) is 2.59. The maximum absolute atomic E-state index is 12.8. The molecule has 3 aromatic rings. The van der Waals surface area contributed by atoms with Gasteiger partial charge in [-0.1, -0.05) is 24.6 Å². The van der Waals surface area contributed by atoms with Gasteiger partial charge in [-0.2, -0.15) is 5.10 Å². The fourth-order valence-electron chi connectivity index (χ4n) is 3.33. The van der Waals surface area contributed by atoms with Gasteiger partial charge in [-0.15, -0.1) is 0 Å². The van der Waals surface area contributed by atoms with Gasteiger partial charge in [0.05, 0.1) is 21.2 Å². The molecule has 3 rings (SSSR count). The van der Waals surface area contributed by atoms with Crippen LogP contribution in [0.2, 0.25) is 0 Å². The first-order valence-electron chi connectivity index (χ1n) is 9.74. The minimum Gasteiger partial charge on any atom is -0.375 e. The van der Waals surface area contributed by atoms with E-state index in [9.17, 15) is 18.5 Å². The van der Waals surface area contributed by atoms with Crippen LogP contribution in [0, 0.1) is 24.0 Å². The van der Waals surface area contributed by atoms with Gasteiger partial charge in [0.1, 0.15) is 5.69 Å². The van der Waals surface area contributed by atoms with Crippen LogP contribution >= 0.6 is 0 Å². The van der Waals surface area contributed by atoms with Crippen LogP contribution in [0.1, 0.15) is 29.3 Å². The topological polar surface area (TPSA) is 119 Å². The van der Waals surface area contributed by atoms with Crippen molar-refractivity contribution in [3.05, 3.63) is 75.1 Å². The minimum absolute atomic E-state index is 0.180. The molecule has 31 heavy (non-hydrogen) atoms. The van der Waals surface area contributed by atoms with Crippen LogP contribution in [-0.2, 0) is 30.0 Å². The Morgan fingerprint density at radius 3 is 2.48 bits per heavy atom. The number of hydrogen-bond acceptors (Lipinski definition) is 6. The molecule has 10 heteroatoms. The van der Waals surface area contributed by atoms with Crippen LogP contribution in [0.4, 0.5) is 17.1 Å². The monoisotopic (exact) mass is 443 g/mol. The Balaban J connectivity index is 1.87. The van der Waals surface area contributed by atoms with Crippen molar-refractivity contribution >= 4 is 27.1 Å². The number of nitro groups is 1. The largest absolute Gasteiger partial charge is 0.375 e. The first-order chi connectivity index (χ1) is 14.6. The van der Waals surface area contributed by atoms with E-state index in [0.29, 0.717) is 12.2 Å². The molecule has 0 bridgehead atoms. The third-order valence-electron chi connectivity index (χ3n) is 4.90. The van der Waals surface area contributed by atoms with Gasteiger partial charge in [-0.25, -0.2) is 8.42 Å². The van der Waals surface area contributed by atoms with Crippen LogP contribution < -0.4 is 10.0 Å². The molecule has 1 heterocycles. The van der Waals surface area contributed by atoms with Crippen molar-refractivity contribution in [3.8, 4) is 0 Å². The van der Waals surface area contributed by atoms with Gasteiger partial charge < -0.3 is 5.32 Å². The molecule has 0 radical (unpaired) electrons. The Labute approximate surface area is 181 Å². The second kappa shape index (κ2) is 8.76. The normalized spacial score (nSPS) is 11.4. The summed E-state index contributed by atoms with van der Waals surface area (Å²) in [6.45, 7) is 6.03. The molecule has 0 aliphatic rings. The van der Waals surface area contributed by atoms with Gasteiger partial charge in [0.25, 0.3) is 15.7 Å². The van der Waals surface area contributed by atoms with Crippen molar-refractivity contribution in [3.63, 3.8) is 0 Å². The van der Waals surface area contributed by atoms with Gasteiger partial charge in [0.15, 0.2) is 0 Å². The third kappa shape index (κ3) is 5.02. The van der Waals surface area contributed by atoms with Gasteiger partial charge >= 0.3 is 0 Å². The van der Waals surface area contributed by atoms with Gasteiger partial charge in [0, 0.05) is 31.4 Å². The lowest BCUT2D eigenvalue weighted by molar-refractivity contribution is -0.384. The first-order valence-corrected chi connectivity index (χ1v) is 11.2. The number of nitro benzene ring substituents is 1. The molecule has 0 aliphatic heterocycles. The van der Waals surface area contributed by atoms with Gasteiger partial charge in [-0.3, -0.25) is 19.5 Å². The van der Waals surface area contributed by atoms with Crippen molar-refractivity contribution in [1.29, 1.82) is 0 Å². The van der Waals surface area contributed by atoms with Crippen LogP contribution in [-0.4, -0.2) is 23.1 Å². The summed E-state index contributed by atoms with van der Waals surface area (Å²) in [6, 6.07) is 9.16. The molecule has 0 saturated carbocycles. The number of anilines is 2. The highest BCUT2D eigenvalue weighted by Crippen LogP contribution is 2.30. The van der Waals surface area contributed by atoms with Crippen LogP contribution in [0.5, 0.6) is 0 Å². The van der Waals surface area contributed by atoms with Gasteiger partial charge in [-0.05, 0) is 44.0 Å². The minimum atomic E-state index is -3.99. The molecule has 0 unspecified atom stereocenters. The first kappa shape index (κ1) is 22.3. The highest BCUT2D eigenvalue weighted by atomic mass is 32.2. The number of aryl methyl sites for hydroxylation is 4. The summed E-state index contributed by atoms with van der Waals surface area (Å²) in [7, 11) is -2.18. The highest BCUT2D eigenvalue weighted by molar-refractivity contribution is 7.92. The van der Waals surface area contributed by atoms with Crippen LogP contribution in [0.15, 0.2) is 47.5 Å². The molecule has 2 aromatic carbocycles. The molecule has 1 aromatic heterocycles. The maximum atomic E-state index is 12.8. The Kier molecular flexibility index (Phi) is 6.30. The molecular formula is C21H25N5O4S. The number of nitrogens with one attached hydrogen (secondary N) is 2. The molecule has 0 saturated heterocycles. The van der Waals surface area contributed by atoms with Crippen molar-refractivity contribution in [2.45, 2.75) is 38.6 Å². The van der Waals surface area contributed by atoms with E-state index >= 15 is 0 Å². The number of sulfonamides is 1. The SMILES string of the molecule is CCc1nn(C)cc1CNc1ccc(S(=O)(=O)Nc2ccc(C)cc2C)cc1[N+](=O)[O-]. The van der Waals surface area contributed by atoms with Crippen LogP contribution in [0.3, 0.4) is 0 Å². The van der Waals surface area contributed by atoms with Crippen molar-refractivity contribution in [1.82, 2.24) is 9.78 Å². The Morgan fingerprint density at radius 2 is 1.84 bits per heavy atom. The van der Waals surface area contributed by atoms with Gasteiger partial charge in [0.2, 0.25) is 0 Å². The molecule has 9 nitrogen and oxygen atoms in total. The smallest absolute Gasteiger partial charge is 0.293 e. The Morgan fingerprint density at radius 1 is 1.13 bits per heavy atom. The quantitative estimate of drug-likeness (QED) is 0.402. The lowest BCUT2D eigenvalue weighted by Crippen LogP contribution is -2.14. The summed E-state index contributed by atoms with van der Waals surface area (Å²) >= 11 is 0. The van der Waals surface area contributed by atoms with Crippen molar-refractivity contribution in [2.24, 2.45) is 7.05 Å². The van der Waals surface area contributed by atoms with E-state index in [2.05, 4.69) is 15.1 Å². The molecule has 0 atom stereocenters. The van der Waals surface area contributed by atoms with E-state index < -0.39 is 14.9 Å². The molecule has 2 N–H and O–H groups in total. The molecule has 0 amide bonds. The van der Waals surface area contributed by atoms with E-state index in [1.807, 2.05) is 33.2 Å². The molecule has 0 fully saturated rings. The second-order valence-electron chi connectivity index (χ2n) is 7.34. The van der Waals surface area contributed by atoms with E-state index in [1.54, 1.807) is 23.7 Å². The summed E-state index contributed by atoms with van der Waals surface area (Å²) in [5.74, 6) is 0. The average Bonchev–Trinajstić information content (AvgIpc) is 3.08. The van der Waals surface area contributed by atoms with E-state index in [0.717, 1.165) is 34.9 Å². The predicted octanol–water partition coefficient (Wildman–Crippen LogP) is 3.92. The third-order valence-corrected chi connectivity index (χ3v) is 6.26. The molecular weight excluding hydrogens is 418 g/mol. The summed E-state index contributed by atoms with van der Waals surface area (Å²) < 4.78 is 29.9. The zero-order chi connectivity index (χ0) is 22.8. The van der Waals surface area contributed by atoms with Crippen LogP contribution in [0.25, 0.3) is 0 Å². The van der Waals surface area contributed by atoms with E-state index in [-0.39, 0.29) is 16.3 Å². The Bertz CT molecular complexity index is 1230. The molecule has 0 aliphatic carbocycles. The predicted molar refractivity (Wildman–Crippen MR) is 120 cm³/mol. The summed E-state index contributed by atoms with van der Waals surface area (Å²) in [4.78, 5) is 10.8. The number of nitrogens with zero attached hydrogens (tertiary/aromatic N) is 3. The van der Waals surface area contributed by atoms with E-state index in [1.165, 1.54) is 12.1 Å². The summed E-state index contributed by atoms with van der Waals surface area (Å²) in [5, 5.41) is 19.0. The number of benzene rings is 2. The standard InChI is InChI=1S/C21H25N5O4S/c1-5-18-16(13-25(4)23-18)12-22-20-9-7-17(11-21(20)26(27)28)31(29,30)24-19-8-6-14(2)10-15(19)3/h6-11,13,22,24H,5,12H2,1-4H3. The lowest BCUT2D eigenvalue weighted by atomic mass is 10.1.